The summed E-state index contributed by atoms with van der Waals surface area (Å²) < 4.78 is 5.34. The van der Waals surface area contributed by atoms with Crippen molar-refractivity contribution in [3.8, 4) is 6.07 Å². The van der Waals surface area contributed by atoms with Gasteiger partial charge in [0.05, 0.1) is 17.2 Å². The fraction of sp³-hybridized carbons (Fsp3) is 0. The minimum Gasteiger partial charge on any atom is -0.463 e. The number of nitrogens with zero attached hydrogens (tertiary/aromatic N) is 1. The van der Waals surface area contributed by atoms with E-state index in [2.05, 4.69) is 5.32 Å². The minimum absolute atomic E-state index is 0.259. The number of hydrogen-bond acceptors (Lipinski definition) is 3. The number of hydrogen-bond donors (Lipinski definition) is 1. The van der Waals surface area contributed by atoms with Crippen LogP contribution in [0.25, 0.3) is 11.0 Å². The average molecular weight is 262 g/mol. The third kappa shape index (κ3) is 2.13. The van der Waals surface area contributed by atoms with Crippen molar-refractivity contribution in [2.24, 2.45) is 0 Å². The molecule has 1 heterocycles. The van der Waals surface area contributed by atoms with Crippen molar-refractivity contribution < 1.29 is 9.21 Å². The lowest BCUT2D eigenvalue weighted by atomic mass is 10.1. The molecule has 1 aromatic heterocycles. The molecule has 1 amide bonds. The predicted octanol–water partition coefficient (Wildman–Crippen LogP) is 3.56. The van der Waals surface area contributed by atoms with Gasteiger partial charge in [-0.3, -0.25) is 4.79 Å². The lowest BCUT2D eigenvalue weighted by Gasteiger charge is -2.03. The smallest absolute Gasteiger partial charge is 0.259 e. The van der Waals surface area contributed by atoms with Crippen LogP contribution >= 0.6 is 0 Å². The number of amides is 1. The normalized spacial score (nSPS) is 10.2. The second-order valence-corrected chi connectivity index (χ2v) is 4.29. The number of rotatable bonds is 2. The molecule has 0 spiro atoms. The van der Waals surface area contributed by atoms with E-state index < -0.39 is 0 Å². The molecule has 0 bridgehead atoms. The summed E-state index contributed by atoms with van der Waals surface area (Å²) in [4.78, 5) is 12.2. The van der Waals surface area contributed by atoms with Gasteiger partial charge in [-0.05, 0) is 24.3 Å². The zero-order valence-electron chi connectivity index (χ0n) is 10.5. The summed E-state index contributed by atoms with van der Waals surface area (Å²) >= 11 is 0. The van der Waals surface area contributed by atoms with Crippen molar-refractivity contribution >= 4 is 22.6 Å². The van der Waals surface area contributed by atoms with Crippen LogP contribution in [0, 0.1) is 11.3 Å². The van der Waals surface area contributed by atoms with Crippen LogP contribution in [-0.2, 0) is 0 Å². The molecule has 0 radical (unpaired) electrons. The first kappa shape index (κ1) is 12.0. The lowest BCUT2D eigenvalue weighted by Crippen LogP contribution is -2.11. The topological polar surface area (TPSA) is 66.0 Å². The highest BCUT2D eigenvalue weighted by Crippen LogP contribution is 2.22. The van der Waals surface area contributed by atoms with E-state index >= 15 is 0 Å². The molecule has 4 nitrogen and oxygen atoms in total. The molecule has 0 aliphatic rings. The Labute approximate surface area is 115 Å². The first-order valence-corrected chi connectivity index (χ1v) is 6.05. The highest BCUT2D eigenvalue weighted by molar-refractivity contribution is 6.12. The highest BCUT2D eigenvalue weighted by Gasteiger charge is 2.13. The molecule has 0 aliphatic heterocycles. The van der Waals surface area contributed by atoms with Crippen molar-refractivity contribution in [2.75, 3.05) is 5.32 Å². The molecule has 20 heavy (non-hydrogen) atoms. The zero-order valence-corrected chi connectivity index (χ0v) is 10.5. The number of carbonyl (C=O) groups is 1. The Bertz CT molecular complexity index is 828. The largest absolute Gasteiger partial charge is 0.463 e. The molecule has 0 fully saturated rings. The Morgan fingerprint density at radius 2 is 2.00 bits per heavy atom. The number of carbonyl (C=O) groups excluding carboxylic acids is 1. The van der Waals surface area contributed by atoms with Gasteiger partial charge in [-0.15, -0.1) is 0 Å². The molecule has 0 atom stereocenters. The van der Waals surface area contributed by atoms with Gasteiger partial charge in [-0.1, -0.05) is 24.3 Å². The van der Waals surface area contributed by atoms with Gasteiger partial charge >= 0.3 is 0 Å². The molecule has 3 aromatic rings. The number of para-hydroxylation sites is 1. The van der Waals surface area contributed by atoms with E-state index in [9.17, 15) is 4.79 Å². The average Bonchev–Trinajstić information content (AvgIpc) is 2.91. The standard InChI is InChI=1S/C16H10N2O2/c17-9-11-4-3-5-12(8-11)18-16(19)14-10-20-15-7-2-1-6-13(14)15/h1-8,10H,(H,18,19). The monoisotopic (exact) mass is 262 g/mol. The molecule has 0 saturated heterocycles. The maximum absolute atomic E-state index is 12.2. The maximum atomic E-state index is 12.2. The Hall–Kier alpha value is -3.06. The molecule has 3 rings (SSSR count). The van der Waals surface area contributed by atoms with Crippen LogP contribution < -0.4 is 5.32 Å². The Kier molecular flexibility index (Phi) is 2.94. The summed E-state index contributed by atoms with van der Waals surface area (Å²) in [5.74, 6) is -0.259. The van der Waals surface area contributed by atoms with Gasteiger partial charge < -0.3 is 9.73 Å². The predicted molar refractivity (Wildman–Crippen MR) is 75.3 cm³/mol. The van der Waals surface area contributed by atoms with Crippen LogP contribution in [0.1, 0.15) is 15.9 Å². The summed E-state index contributed by atoms with van der Waals surface area (Å²) in [5, 5.41) is 12.4. The quantitative estimate of drug-likeness (QED) is 0.767. The summed E-state index contributed by atoms with van der Waals surface area (Å²) in [6.45, 7) is 0. The third-order valence-corrected chi connectivity index (χ3v) is 2.98. The summed E-state index contributed by atoms with van der Waals surface area (Å²) in [5.41, 5.74) is 2.23. The van der Waals surface area contributed by atoms with E-state index in [1.54, 1.807) is 24.3 Å². The van der Waals surface area contributed by atoms with Gasteiger partial charge in [0.1, 0.15) is 11.8 Å². The van der Waals surface area contributed by atoms with Crippen molar-refractivity contribution in [1.82, 2.24) is 0 Å². The number of nitriles is 1. The van der Waals surface area contributed by atoms with Crippen LogP contribution in [0.3, 0.4) is 0 Å². The molecule has 4 heteroatoms. The van der Waals surface area contributed by atoms with Gasteiger partial charge in [-0.2, -0.15) is 5.26 Å². The van der Waals surface area contributed by atoms with Crippen molar-refractivity contribution in [1.29, 1.82) is 5.26 Å². The van der Waals surface area contributed by atoms with Gasteiger partial charge in [0, 0.05) is 11.1 Å². The van der Waals surface area contributed by atoms with Crippen molar-refractivity contribution in [3.05, 3.63) is 65.9 Å². The molecule has 96 valence electrons. The molecule has 0 aliphatic carbocycles. The fourth-order valence-electron chi connectivity index (χ4n) is 2.02. The molecule has 0 unspecified atom stereocenters. The van der Waals surface area contributed by atoms with E-state index in [0.717, 1.165) is 5.39 Å². The number of benzene rings is 2. The summed E-state index contributed by atoms with van der Waals surface area (Å²) in [6, 6.07) is 16.1. The molecule has 2 aromatic carbocycles. The fourth-order valence-corrected chi connectivity index (χ4v) is 2.02. The van der Waals surface area contributed by atoms with Crippen LogP contribution in [0.4, 0.5) is 5.69 Å². The SMILES string of the molecule is N#Cc1cccc(NC(=O)c2coc3ccccc23)c1. The summed E-state index contributed by atoms with van der Waals surface area (Å²) in [6.07, 6.45) is 1.44. The van der Waals surface area contributed by atoms with Crippen LogP contribution in [0.2, 0.25) is 0 Å². The highest BCUT2D eigenvalue weighted by atomic mass is 16.3. The van der Waals surface area contributed by atoms with Crippen LogP contribution in [0.5, 0.6) is 0 Å². The van der Waals surface area contributed by atoms with Crippen LogP contribution in [-0.4, -0.2) is 5.91 Å². The molecule has 1 N–H and O–H groups in total. The molecular formula is C16H10N2O2. The van der Waals surface area contributed by atoms with Crippen molar-refractivity contribution in [2.45, 2.75) is 0 Å². The van der Waals surface area contributed by atoms with Crippen molar-refractivity contribution in [3.63, 3.8) is 0 Å². The van der Waals surface area contributed by atoms with E-state index in [1.807, 2.05) is 30.3 Å². The minimum atomic E-state index is -0.259. The van der Waals surface area contributed by atoms with Crippen LogP contribution in [0.15, 0.2) is 59.2 Å². The van der Waals surface area contributed by atoms with Gasteiger partial charge in [0.25, 0.3) is 5.91 Å². The maximum Gasteiger partial charge on any atom is 0.259 e. The number of nitrogens with one attached hydrogen (secondary N) is 1. The Balaban J connectivity index is 1.91. The summed E-state index contributed by atoms with van der Waals surface area (Å²) in [7, 11) is 0. The third-order valence-electron chi connectivity index (χ3n) is 2.98. The van der Waals surface area contributed by atoms with E-state index in [1.165, 1.54) is 6.26 Å². The zero-order chi connectivity index (χ0) is 13.9. The first-order chi connectivity index (χ1) is 9.78. The Morgan fingerprint density at radius 1 is 1.15 bits per heavy atom. The number of anilines is 1. The molecular weight excluding hydrogens is 252 g/mol. The van der Waals surface area contributed by atoms with E-state index in [4.69, 9.17) is 9.68 Å². The van der Waals surface area contributed by atoms with E-state index in [-0.39, 0.29) is 5.91 Å². The van der Waals surface area contributed by atoms with Gasteiger partial charge in [0.15, 0.2) is 0 Å². The van der Waals surface area contributed by atoms with E-state index in [0.29, 0.717) is 22.4 Å². The number of fused-ring (bicyclic) bond motifs is 1. The molecule has 0 saturated carbocycles. The second-order valence-electron chi connectivity index (χ2n) is 4.29. The lowest BCUT2D eigenvalue weighted by molar-refractivity contribution is 0.102. The number of furan rings is 1. The Morgan fingerprint density at radius 3 is 2.85 bits per heavy atom. The second kappa shape index (κ2) is 4.90. The first-order valence-electron chi connectivity index (χ1n) is 6.05. The van der Waals surface area contributed by atoms with Gasteiger partial charge in [0.2, 0.25) is 0 Å². The van der Waals surface area contributed by atoms with Gasteiger partial charge in [-0.25, -0.2) is 0 Å².